The Labute approximate surface area is 52.9 Å². The number of hydrogen-bond acceptors (Lipinski definition) is 4. The van der Waals surface area contributed by atoms with E-state index in [9.17, 15) is 0 Å². The van der Waals surface area contributed by atoms with Crippen molar-refractivity contribution >= 4 is 16.9 Å². The molecule has 0 aromatic heterocycles. The van der Waals surface area contributed by atoms with Crippen molar-refractivity contribution < 1.29 is 0 Å². The van der Waals surface area contributed by atoms with Gasteiger partial charge in [0.15, 0.2) is 5.17 Å². The van der Waals surface area contributed by atoms with E-state index >= 15 is 0 Å². The van der Waals surface area contributed by atoms with E-state index in [1.165, 1.54) is 0 Å². The van der Waals surface area contributed by atoms with Crippen molar-refractivity contribution in [2.24, 2.45) is 10.8 Å². The summed E-state index contributed by atoms with van der Waals surface area (Å²) in [6, 6.07) is 0. The molecule has 0 fully saturated rings. The molecule has 1 rings (SSSR count). The highest BCUT2D eigenvalue weighted by atomic mass is 32.2. The first-order valence-corrected chi connectivity index (χ1v) is 3.67. The van der Waals surface area contributed by atoms with Gasteiger partial charge in [0.25, 0.3) is 0 Å². The fourth-order valence-electron chi connectivity index (χ4n) is 0.622. The monoisotopic (exact) mass is 131 g/mol. The fourth-order valence-corrected chi connectivity index (χ4v) is 1.17. The normalized spacial score (nSPS) is 19.2. The van der Waals surface area contributed by atoms with Crippen molar-refractivity contribution in [2.45, 2.75) is 0 Å². The third kappa shape index (κ3) is 0.952. The predicted octanol–water partition coefficient (Wildman–Crippen LogP) is -0.105. The van der Waals surface area contributed by atoms with Gasteiger partial charge in [-0.1, -0.05) is 11.8 Å². The molecule has 8 heavy (non-hydrogen) atoms. The van der Waals surface area contributed by atoms with Crippen LogP contribution >= 0.6 is 11.8 Å². The van der Waals surface area contributed by atoms with Gasteiger partial charge in [0.05, 0.1) is 13.1 Å². The Kier molecular flexibility index (Phi) is 1.75. The summed E-state index contributed by atoms with van der Waals surface area (Å²) in [6.07, 6.45) is 1.98. The average molecular weight is 131 g/mol. The van der Waals surface area contributed by atoms with Crippen LogP contribution in [0.2, 0.25) is 0 Å². The summed E-state index contributed by atoms with van der Waals surface area (Å²) in [5.74, 6) is 5.47. The summed E-state index contributed by atoms with van der Waals surface area (Å²) < 4.78 is 0. The summed E-state index contributed by atoms with van der Waals surface area (Å²) in [6.45, 7) is 1.73. The minimum atomic E-state index is 0.854. The van der Waals surface area contributed by atoms with E-state index in [-0.39, 0.29) is 0 Å². The molecule has 0 bridgehead atoms. The van der Waals surface area contributed by atoms with Crippen LogP contribution in [0.3, 0.4) is 0 Å². The Balaban J connectivity index is 2.49. The van der Waals surface area contributed by atoms with Gasteiger partial charge in [-0.3, -0.25) is 10.0 Å². The molecule has 0 atom stereocenters. The van der Waals surface area contributed by atoms with Crippen LogP contribution in [0.15, 0.2) is 4.99 Å². The number of nitrogens with zero attached hydrogens (tertiary/aromatic N) is 2. The lowest BCUT2D eigenvalue weighted by molar-refractivity contribution is 0.492. The van der Waals surface area contributed by atoms with Crippen molar-refractivity contribution in [3.05, 3.63) is 0 Å². The topological polar surface area (TPSA) is 41.6 Å². The van der Waals surface area contributed by atoms with Crippen molar-refractivity contribution in [3.63, 3.8) is 0 Å². The molecule has 0 spiro atoms. The standard InChI is InChI=1S/C4H9N3S/c1-8-4-6-2-3-7(4)5/h2-3,5H2,1H3. The number of hydrogen-bond donors (Lipinski definition) is 1. The minimum absolute atomic E-state index is 0.854. The highest BCUT2D eigenvalue weighted by molar-refractivity contribution is 8.13. The maximum Gasteiger partial charge on any atom is 0.173 e. The summed E-state index contributed by atoms with van der Waals surface area (Å²) in [4.78, 5) is 4.12. The van der Waals surface area contributed by atoms with Crippen molar-refractivity contribution in [1.29, 1.82) is 0 Å². The quantitative estimate of drug-likeness (QED) is 0.466. The highest BCUT2D eigenvalue weighted by Crippen LogP contribution is 2.05. The number of thioether (sulfide) groups is 1. The average Bonchev–Trinajstić information content (AvgIpc) is 2.14. The van der Waals surface area contributed by atoms with Crippen LogP contribution in [0, 0.1) is 0 Å². The Morgan fingerprint density at radius 2 is 2.62 bits per heavy atom. The second kappa shape index (κ2) is 2.37. The molecule has 0 saturated heterocycles. The molecule has 0 saturated carbocycles. The molecule has 1 aliphatic rings. The molecule has 0 unspecified atom stereocenters. The van der Waals surface area contributed by atoms with Crippen LogP contribution in [-0.4, -0.2) is 29.5 Å². The molecule has 0 radical (unpaired) electrons. The van der Waals surface area contributed by atoms with Gasteiger partial charge in [-0.2, -0.15) is 0 Å². The van der Waals surface area contributed by atoms with Gasteiger partial charge in [-0.25, -0.2) is 5.84 Å². The molecule has 1 heterocycles. The SMILES string of the molecule is CSC1=NCCN1N. The molecule has 4 heteroatoms. The first-order valence-electron chi connectivity index (χ1n) is 2.45. The lowest BCUT2D eigenvalue weighted by atomic mass is 10.7. The molecule has 0 amide bonds. The van der Waals surface area contributed by atoms with Gasteiger partial charge in [0, 0.05) is 0 Å². The summed E-state index contributed by atoms with van der Waals surface area (Å²) in [5.41, 5.74) is 0. The zero-order valence-corrected chi connectivity index (χ0v) is 5.61. The summed E-state index contributed by atoms with van der Waals surface area (Å²) in [5, 5.41) is 2.62. The summed E-state index contributed by atoms with van der Waals surface area (Å²) >= 11 is 1.59. The molecular formula is C4H9N3S. The van der Waals surface area contributed by atoms with E-state index in [4.69, 9.17) is 5.84 Å². The molecule has 0 aromatic rings. The van der Waals surface area contributed by atoms with Gasteiger partial charge < -0.3 is 0 Å². The lowest BCUT2D eigenvalue weighted by Gasteiger charge is -2.08. The van der Waals surface area contributed by atoms with Crippen LogP contribution in [0.5, 0.6) is 0 Å². The molecule has 0 aliphatic carbocycles. The van der Waals surface area contributed by atoms with E-state index < -0.39 is 0 Å². The maximum atomic E-state index is 5.47. The largest absolute Gasteiger partial charge is 0.288 e. The second-order valence-electron chi connectivity index (χ2n) is 1.56. The Hall–Kier alpha value is -0.220. The van der Waals surface area contributed by atoms with Crippen molar-refractivity contribution in [1.82, 2.24) is 5.01 Å². The minimum Gasteiger partial charge on any atom is -0.288 e. The Morgan fingerprint density at radius 3 is 2.88 bits per heavy atom. The first kappa shape index (κ1) is 5.91. The second-order valence-corrected chi connectivity index (χ2v) is 2.34. The van der Waals surface area contributed by atoms with Gasteiger partial charge >= 0.3 is 0 Å². The predicted molar refractivity (Wildman–Crippen MR) is 36.7 cm³/mol. The number of hydrazine groups is 1. The number of rotatable bonds is 0. The zero-order valence-electron chi connectivity index (χ0n) is 4.79. The number of aliphatic imine (C=N–C) groups is 1. The van der Waals surface area contributed by atoms with Crippen molar-refractivity contribution in [2.75, 3.05) is 19.3 Å². The fraction of sp³-hybridized carbons (Fsp3) is 0.750. The Bertz CT molecular complexity index is 112. The molecule has 3 nitrogen and oxygen atoms in total. The van der Waals surface area contributed by atoms with E-state index in [1.54, 1.807) is 16.8 Å². The van der Waals surface area contributed by atoms with E-state index in [0.29, 0.717) is 0 Å². The molecule has 46 valence electrons. The number of nitrogens with two attached hydrogens (primary N) is 1. The highest BCUT2D eigenvalue weighted by Gasteiger charge is 2.09. The van der Waals surface area contributed by atoms with Gasteiger partial charge in [-0.15, -0.1) is 0 Å². The summed E-state index contributed by atoms with van der Waals surface area (Å²) in [7, 11) is 0. The zero-order chi connectivity index (χ0) is 5.98. The molecule has 2 N–H and O–H groups in total. The third-order valence-electron chi connectivity index (χ3n) is 1.02. The van der Waals surface area contributed by atoms with E-state index in [0.717, 1.165) is 18.3 Å². The third-order valence-corrected chi connectivity index (χ3v) is 1.74. The van der Waals surface area contributed by atoms with Crippen LogP contribution in [0.25, 0.3) is 0 Å². The van der Waals surface area contributed by atoms with Crippen LogP contribution in [0.1, 0.15) is 0 Å². The molecule has 1 aliphatic heterocycles. The van der Waals surface area contributed by atoms with Crippen LogP contribution in [0.4, 0.5) is 0 Å². The van der Waals surface area contributed by atoms with E-state index in [1.807, 2.05) is 6.26 Å². The van der Waals surface area contributed by atoms with Gasteiger partial charge in [-0.05, 0) is 6.26 Å². The first-order chi connectivity index (χ1) is 3.84. The molecule has 0 aromatic carbocycles. The molecular weight excluding hydrogens is 122 g/mol. The lowest BCUT2D eigenvalue weighted by Crippen LogP contribution is -2.32. The van der Waals surface area contributed by atoms with Crippen LogP contribution < -0.4 is 5.84 Å². The smallest absolute Gasteiger partial charge is 0.173 e. The number of amidine groups is 1. The van der Waals surface area contributed by atoms with Gasteiger partial charge in [0.2, 0.25) is 0 Å². The van der Waals surface area contributed by atoms with Crippen LogP contribution in [-0.2, 0) is 0 Å². The van der Waals surface area contributed by atoms with Gasteiger partial charge in [0.1, 0.15) is 0 Å². The Morgan fingerprint density at radius 1 is 1.88 bits per heavy atom. The van der Waals surface area contributed by atoms with E-state index in [2.05, 4.69) is 4.99 Å². The maximum absolute atomic E-state index is 5.47. The van der Waals surface area contributed by atoms with Crippen molar-refractivity contribution in [3.8, 4) is 0 Å².